The van der Waals surface area contributed by atoms with Gasteiger partial charge in [-0.1, -0.05) is 27.2 Å². The van der Waals surface area contributed by atoms with Crippen molar-refractivity contribution in [1.82, 2.24) is 4.98 Å². The normalized spacial score (nSPS) is 10.8. The summed E-state index contributed by atoms with van der Waals surface area (Å²) >= 11 is 1.76. The van der Waals surface area contributed by atoms with Gasteiger partial charge in [0.25, 0.3) is 0 Å². The van der Waals surface area contributed by atoms with Crippen LogP contribution < -0.4 is 10.5 Å². The van der Waals surface area contributed by atoms with Gasteiger partial charge in [-0.25, -0.2) is 4.98 Å². The van der Waals surface area contributed by atoms with E-state index in [4.69, 9.17) is 10.5 Å². The number of nitrogens with two attached hydrogens (primary N) is 1. The summed E-state index contributed by atoms with van der Waals surface area (Å²) in [5, 5.41) is 0.992. The van der Waals surface area contributed by atoms with E-state index in [0.717, 1.165) is 10.8 Å². The van der Waals surface area contributed by atoms with Gasteiger partial charge in [0.2, 0.25) is 5.88 Å². The Bertz CT molecular complexity index is 342. The van der Waals surface area contributed by atoms with Gasteiger partial charge in [0.15, 0.2) is 0 Å². The minimum atomic E-state index is 0.479. The van der Waals surface area contributed by atoms with Crippen molar-refractivity contribution in [3.63, 3.8) is 0 Å². The second-order valence-corrected chi connectivity index (χ2v) is 5.57. The third-order valence-corrected chi connectivity index (χ3v) is 3.18. The molecule has 0 radical (unpaired) electrons. The molecule has 0 aliphatic heterocycles. The van der Waals surface area contributed by atoms with E-state index < -0.39 is 0 Å². The van der Waals surface area contributed by atoms with E-state index >= 15 is 0 Å². The van der Waals surface area contributed by atoms with E-state index in [0.29, 0.717) is 24.1 Å². The molecule has 0 saturated carbocycles. The van der Waals surface area contributed by atoms with Crippen LogP contribution in [-0.2, 0) is 0 Å². The van der Waals surface area contributed by atoms with Gasteiger partial charge in [0, 0.05) is 0 Å². The SMILES string of the molecule is CCCCSc1ccc(N)c(OCC(C)C)n1. The molecule has 0 aromatic carbocycles. The van der Waals surface area contributed by atoms with Gasteiger partial charge in [0.1, 0.15) is 5.03 Å². The highest BCUT2D eigenvalue weighted by atomic mass is 32.2. The van der Waals surface area contributed by atoms with E-state index in [1.807, 2.05) is 12.1 Å². The topological polar surface area (TPSA) is 48.1 Å². The summed E-state index contributed by atoms with van der Waals surface area (Å²) in [6.07, 6.45) is 2.41. The van der Waals surface area contributed by atoms with Crippen molar-refractivity contribution >= 4 is 17.4 Å². The van der Waals surface area contributed by atoms with Crippen LogP contribution in [0.2, 0.25) is 0 Å². The predicted octanol–water partition coefficient (Wildman–Crippen LogP) is 3.59. The molecular formula is C13H22N2OS. The molecule has 1 rings (SSSR count). The summed E-state index contributed by atoms with van der Waals surface area (Å²) in [6.45, 7) is 7.06. The van der Waals surface area contributed by atoms with Crippen LogP contribution >= 0.6 is 11.8 Å². The monoisotopic (exact) mass is 254 g/mol. The number of nitrogen functional groups attached to an aromatic ring is 1. The van der Waals surface area contributed by atoms with Crippen molar-refractivity contribution in [2.45, 2.75) is 38.6 Å². The Hall–Kier alpha value is -0.900. The van der Waals surface area contributed by atoms with E-state index in [2.05, 4.69) is 25.8 Å². The first-order chi connectivity index (χ1) is 8.13. The fraction of sp³-hybridized carbons (Fsp3) is 0.615. The van der Waals surface area contributed by atoms with E-state index in [1.54, 1.807) is 11.8 Å². The highest BCUT2D eigenvalue weighted by Crippen LogP contribution is 2.25. The largest absolute Gasteiger partial charge is 0.476 e. The average molecular weight is 254 g/mol. The second-order valence-electron chi connectivity index (χ2n) is 4.45. The molecule has 96 valence electrons. The Labute approximate surface area is 108 Å². The first kappa shape index (κ1) is 14.2. The molecule has 1 aromatic rings. The Morgan fingerprint density at radius 3 is 2.82 bits per heavy atom. The van der Waals surface area contributed by atoms with Gasteiger partial charge in [-0.15, -0.1) is 11.8 Å². The molecule has 0 fully saturated rings. The van der Waals surface area contributed by atoms with Crippen LogP contribution in [0, 0.1) is 5.92 Å². The predicted molar refractivity (Wildman–Crippen MR) is 74.6 cm³/mol. The zero-order valence-corrected chi connectivity index (χ0v) is 11.7. The van der Waals surface area contributed by atoms with Gasteiger partial charge in [-0.3, -0.25) is 0 Å². The molecule has 0 aliphatic carbocycles. The molecule has 0 unspecified atom stereocenters. The molecular weight excluding hydrogens is 232 g/mol. The van der Waals surface area contributed by atoms with Crippen molar-refractivity contribution in [3.05, 3.63) is 12.1 Å². The van der Waals surface area contributed by atoms with Gasteiger partial charge < -0.3 is 10.5 Å². The van der Waals surface area contributed by atoms with Crippen molar-refractivity contribution in [2.24, 2.45) is 5.92 Å². The summed E-state index contributed by atoms with van der Waals surface area (Å²) in [5.74, 6) is 2.14. The molecule has 17 heavy (non-hydrogen) atoms. The summed E-state index contributed by atoms with van der Waals surface area (Å²) in [4.78, 5) is 4.43. The Balaban J connectivity index is 2.59. The number of thioether (sulfide) groups is 1. The quantitative estimate of drug-likeness (QED) is 0.596. The van der Waals surface area contributed by atoms with Crippen LogP contribution in [0.25, 0.3) is 0 Å². The maximum Gasteiger partial charge on any atom is 0.238 e. The van der Waals surface area contributed by atoms with Gasteiger partial charge >= 0.3 is 0 Å². The lowest BCUT2D eigenvalue weighted by Gasteiger charge is -2.11. The highest BCUT2D eigenvalue weighted by molar-refractivity contribution is 7.99. The highest BCUT2D eigenvalue weighted by Gasteiger charge is 2.06. The minimum Gasteiger partial charge on any atom is -0.476 e. The number of ether oxygens (including phenoxy) is 1. The molecule has 0 bridgehead atoms. The molecule has 1 heterocycles. The summed E-state index contributed by atoms with van der Waals surface area (Å²) in [7, 11) is 0. The van der Waals surface area contributed by atoms with E-state index in [1.165, 1.54) is 12.8 Å². The van der Waals surface area contributed by atoms with Crippen LogP contribution in [0.1, 0.15) is 33.6 Å². The number of hydrogen-bond acceptors (Lipinski definition) is 4. The molecule has 2 N–H and O–H groups in total. The van der Waals surface area contributed by atoms with Crippen molar-refractivity contribution < 1.29 is 4.74 Å². The van der Waals surface area contributed by atoms with E-state index in [9.17, 15) is 0 Å². The lowest BCUT2D eigenvalue weighted by molar-refractivity contribution is 0.261. The molecule has 0 aliphatic rings. The van der Waals surface area contributed by atoms with Crippen molar-refractivity contribution in [2.75, 3.05) is 18.1 Å². The zero-order chi connectivity index (χ0) is 12.7. The summed E-state index contributed by atoms with van der Waals surface area (Å²) in [5.41, 5.74) is 6.45. The number of unbranched alkanes of at least 4 members (excludes halogenated alkanes) is 1. The first-order valence-electron chi connectivity index (χ1n) is 6.15. The third kappa shape index (κ3) is 5.31. The molecule has 0 atom stereocenters. The average Bonchev–Trinajstić information content (AvgIpc) is 2.29. The van der Waals surface area contributed by atoms with Crippen LogP contribution in [0.4, 0.5) is 5.69 Å². The van der Waals surface area contributed by atoms with Gasteiger partial charge in [-0.2, -0.15) is 0 Å². The third-order valence-electron chi connectivity index (χ3n) is 2.17. The molecule has 4 heteroatoms. The lowest BCUT2D eigenvalue weighted by atomic mass is 10.2. The molecule has 0 spiro atoms. The van der Waals surface area contributed by atoms with Crippen LogP contribution in [0.5, 0.6) is 5.88 Å². The van der Waals surface area contributed by atoms with Crippen molar-refractivity contribution in [3.8, 4) is 5.88 Å². The number of rotatable bonds is 7. The minimum absolute atomic E-state index is 0.479. The number of aromatic nitrogens is 1. The number of nitrogens with zero attached hydrogens (tertiary/aromatic N) is 1. The number of hydrogen-bond donors (Lipinski definition) is 1. The van der Waals surface area contributed by atoms with Crippen LogP contribution in [0.3, 0.4) is 0 Å². The smallest absolute Gasteiger partial charge is 0.238 e. The Kier molecular flexibility index (Phi) is 6.19. The van der Waals surface area contributed by atoms with Crippen LogP contribution in [0.15, 0.2) is 17.2 Å². The summed E-state index contributed by atoms with van der Waals surface area (Å²) < 4.78 is 5.60. The molecule has 0 saturated heterocycles. The fourth-order valence-corrected chi connectivity index (χ4v) is 2.15. The second kappa shape index (κ2) is 7.43. The number of pyridine rings is 1. The number of anilines is 1. The fourth-order valence-electron chi connectivity index (χ4n) is 1.20. The maximum absolute atomic E-state index is 5.83. The first-order valence-corrected chi connectivity index (χ1v) is 7.14. The standard InChI is InChI=1S/C13H22N2OS/c1-4-5-8-17-12-7-6-11(14)13(15-12)16-9-10(2)3/h6-7,10H,4-5,8-9,14H2,1-3H3. The Morgan fingerprint density at radius 2 is 2.18 bits per heavy atom. The molecule has 3 nitrogen and oxygen atoms in total. The van der Waals surface area contributed by atoms with E-state index in [-0.39, 0.29) is 0 Å². The van der Waals surface area contributed by atoms with Gasteiger partial charge in [0.05, 0.1) is 12.3 Å². The zero-order valence-electron chi connectivity index (χ0n) is 10.9. The molecule has 1 aromatic heterocycles. The van der Waals surface area contributed by atoms with Crippen molar-refractivity contribution in [1.29, 1.82) is 0 Å². The maximum atomic E-state index is 5.83. The van der Waals surface area contributed by atoms with Crippen LogP contribution in [-0.4, -0.2) is 17.3 Å². The Morgan fingerprint density at radius 1 is 1.41 bits per heavy atom. The van der Waals surface area contributed by atoms with Gasteiger partial charge in [-0.05, 0) is 30.2 Å². The molecule has 0 amide bonds. The summed E-state index contributed by atoms with van der Waals surface area (Å²) in [6, 6.07) is 3.83. The lowest BCUT2D eigenvalue weighted by Crippen LogP contribution is -2.07.